The number of hydrogen-bond acceptors (Lipinski definition) is 5. The van der Waals surface area contributed by atoms with E-state index in [0.717, 1.165) is 47.3 Å². The number of aryl methyl sites for hydroxylation is 2. The Morgan fingerprint density at radius 1 is 1.16 bits per heavy atom. The second-order valence-corrected chi connectivity index (χ2v) is 10.4. The zero-order chi connectivity index (χ0) is 21.1. The number of nitrogens with two attached hydrogens (primary N) is 1. The molecule has 2 aromatic heterocycles. The number of benzene rings is 1. The molecule has 0 saturated carbocycles. The SMILES string of the molecule is Cc1ccc2c(N)c(C(=O)N[C@@H]3CCc4cc(N5C6CCCC5C6)ccc4C3)sc2n1. The van der Waals surface area contributed by atoms with Crippen LogP contribution in [0.4, 0.5) is 11.4 Å². The van der Waals surface area contributed by atoms with Gasteiger partial charge in [0, 0.05) is 34.9 Å². The first kappa shape index (κ1) is 19.1. The molecule has 3 aromatic rings. The van der Waals surface area contributed by atoms with Crippen LogP contribution < -0.4 is 16.0 Å². The van der Waals surface area contributed by atoms with Gasteiger partial charge in [-0.1, -0.05) is 6.07 Å². The maximum Gasteiger partial charge on any atom is 0.263 e. The number of carbonyl (C=O) groups excluding carboxylic acids is 1. The highest BCUT2D eigenvalue weighted by atomic mass is 32.1. The summed E-state index contributed by atoms with van der Waals surface area (Å²) in [5.41, 5.74) is 12.0. The number of rotatable bonds is 3. The van der Waals surface area contributed by atoms with Gasteiger partial charge in [-0.05, 0) is 87.3 Å². The number of aromatic nitrogens is 1. The number of anilines is 2. The molecule has 3 N–H and O–H groups in total. The topological polar surface area (TPSA) is 71.2 Å². The van der Waals surface area contributed by atoms with Gasteiger partial charge in [-0.15, -0.1) is 11.3 Å². The van der Waals surface area contributed by atoms with E-state index in [9.17, 15) is 4.79 Å². The van der Waals surface area contributed by atoms with Crippen molar-refractivity contribution in [1.29, 1.82) is 0 Å². The van der Waals surface area contributed by atoms with E-state index in [1.165, 1.54) is 53.8 Å². The zero-order valence-corrected chi connectivity index (χ0v) is 18.7. The average molecular weight is 433 g/mol. The predicted octanol–water partition coefficient (Wildman–Crippen LogP) is 4.61. The van der Waals surface area contributed by atoms with Gasteiger partial charge in [-0.2, -0.15) is 0 Å². The number of fused-ring (bicyclic) bond motifs is 4. The van der Waals surface area contributed by atoms with Crippen molar-refractivity contribution in [3.63, 3.8) is 0 Å². The average Bonchev–Trinajstić information content (AvgIpc) is 3.10. The van der Waals surface area contributed by atoms with E-state index in [2.05, 4.69) is 33.4 Å². The second kappa shape index (κ2) is 7.23. The summed E-state index contributed by atoms with van der Waals surface area (Å²) in [7, 11) is 0. The van der Waals surface area contributed by atoms with Crippen LogP contribution in [-0.4, -0.2) is 29.0 Å². The Labute approximate surface area is 186 Å². The lowest BCUT2D eigenvalue weighted by Gasteiger charge is -2.54. The number of nitrogens with zero attached hydrogens (tertiary/aromatic N) is 2. The van der Waals surface area contributed by atoms with Crippen molar-refractivity contribution in [2.45, 2.75) is 70.0 Å². The standard InChI is InChI=1S/C25H28N4OS/c1-14-5-10-21-22(26)23(31-25(21)27-14)24(30)28-17-8-6-16-12-20(9-7-15(16)11-17)29-18-3-2-4-19(29)13-18/h5,7,9-10,12,17-19H,2-4,6,8,11,13,26H2,1H3,(H,28,30)/t17-,18?,19?/m1/s1. The molecule has 2 fully saturated rings. The van der Waals surface area contributed by atoms with Crippen molar-refractivity contribution in [1.82, 2.24) is 10.3 Å². The second-order valence-electron chi connectivity index (χ2n) is 9.40. The van der Waals surface area contributed by atoms with Crippen LogP contribution in [0.25, 0.3) is 10.2 Å². The predicted molar refractivity (Wildman–Crippen MR) is 127 cm³/mol. The lowest BCUT2D eigenvalue weighted by atomic mass is 9.78. The molecule has 3 atom stereocenters. The van der Waals surface area contributed by atoms with Crippen LogP contribution >= 0.6 is 11.3 Å². The number of hydrogen-bond donors (Lipinski definition) is 2. The van der Waals surface area contributed by atoms with Gasteiger partial charge >= 0.3 is 0 Å². The summed E-state index contributed by atoms with van der Waals surface area (Å²) in [6.45, 7) is 1.95. The fourth-order valence-electron chi connectivity index (χ4n) is 5.76. The molecule has 160 valence electrons. The number of nitrogen functional groups attached to an aromatic ring is 1. The molecule has 2 bridgehead atoms. The molecule has 1 aliphatic carbocycles. The van der Waals surface area contributed by atoms with E-state index in [0.29, 0.717) is 10.6 Å². The molecule has 1 aromatic carbocycles. The number of thiophene rings is 1. The van der Waals surface area contributed by atoms with E-state index >= 15 is 0 Å². The minimum absolute atomic E-state index is 0.0726. The Hall–Kier alpha value is -2.60. The van der Waals surface area contributed by atoms with Gasteiger partial charge in [0.25, 0.3) is 5.91 Å². The van der Waals surface area contributed by atoms with Gasteiger partial charge in [-0.3, -0.25) is 4.79 Å². The van der Waals surface area contributed by atoms with Gasteiger partial charge in [-0.25, -0.2) is 4.98 Å². The fourth-order valence-corrected chi connectivity index (χ4v) is 6.80. The fraction of sp³-hybridized carbons (Fsp3) is 0.440. The maximum absolute atomic E-state index is 13.0. The summed E-state index contributed by atoms with van der Waals surface area (Å²) >= 11 is 1.39. The normalized spacial score (nSPS) is 24.5. The third-order valence-electron chi connectivity index (χ3n) is 7.40. The largest absolute Gasteiger partial charge is 0.397 e. The van der Waals surface area contributed by atoms with E-state index < -0.39 is 0 Å². The molecule has 0 radical (unpaired) electrons. The van der Waals surface area contributed by atoms with Crippen molar-refractivity contribution in [3.05, 3.63) is 52.0 Å². The number of piperidine rings is 1. The van der Waals surface area contributed by atoms with Crippen molar-refractivity contribution >= 4 is 38.8 Å². The van der Waals surface area contributed by atoms with Crippen LogP contribution in [0.1, 0.15) is 58.6 Å². The summed E-state index contributed by atoms with van der Waals surface area (Å²) in [6, 6.07) is 12.6. The van der Waals surface area contributed by atoms with Crippen molar-refractivity contribution in [2.24, 2.45) is 0 Å². The summed E-state index contributed by atoms with van der Waals surface area (Å²) < 4.78 is 0. The molecule has 5 nitrogen and oxygen atoms in total. The maximum atomic E-state index is 13.0. The molecule has 4 heterocycles. The summed E-state index contributed by atoms with van der Waals surface area (Å²) in [6.07, 6.45) is 8.32. The lowest BCUT2D eigenvalue weighted by Crippen LogP contribution is -2.59. The van der Waals surface area contributed by atoms with Crippen molar-refractivity contribution < 1.29 is 4.79 Å². The quantitative estimate of drug-likeness (QED) is 0.634. The Morgan fingerprint density at radius 2 is 2.00 bits per heavy atom. The van der Waals surface area contributed by atoms with Crippen LogP contribution in [0.15, 0.2) is 30.3 Å². The summed E-state index contributed by atoms with van der Waals surface area (Å²) in [5, 5.41) is 4.11. The molecule has 6 rings (SSSR count). The van der Waals surface area contributed by atoms with Crippen LogP contribution in [0.2, 0.25) is 0 Å². The van der Waals surface area contributed by atoms with Gasteiger partial charge < -0.3 is 16.0 Å². The molecule has 31 heavy (non-hydrogen) atoms. The van der Waals surface area contributed by atoms with Gasteiger partial charge in [0.2, 0.25) is 0 Å². The van der Waals surface area contributed by atoms with Crippen molar-refractivity contribution in [2.75, 3.05) is 10.6 Å². The lowest BCUT2D eigenvalue weighted by molar-refractivity contribution is 0.0938. The molecule has 2 aliphatic heterocycles. The van der Waals surface area contributed by atoms with E-state index in [1.807, 2.05) is 19.1 Å². The molecular weight excluding hydrogens is 404 g/mol. The first-order valence-corrected chi connectivity index (χ1v) is 12.2. The molecule has 3 aliphatic rings. The van der Waals surface area contributed by atoms with E-state index in [4.69, 9.17) is 5.73 Å². The number of nitrogens with one attached hydrogen (secondary N) is 1. The first-order chi connectivity index (χ1) is 15.1. The van der Waals surface area contributed by atoms with Crippen LogP contribution in [-0.2, 0) is 12.8 Å². The minimum Gasteiger partial charge on any atom is -0.397 e. The summed E-state index contributed by atoms with van der Waals surface area (Å²) in [4.78, 5) is 21.6. The Bertz CT molecular complexity index is 1170. The smallest absolute Gasteiger partial charge is 0.263 e. The van der Waals surface area contributed by atoms with Gasteiger partial charge in [0.15, 0.2) is 0 Å². The minimum atomic E-state index is -0.0726. The van der Waals surface area contributed by atoms with E-state index in [1.54, 1.807) is 0 Å². The van der Waals surface area contributed by atoms with Crippen molar-refractivity contribution in [3.8, 4) is 0 Å². The first-order valence-electron chi connectivity index (χ1n) is 11.4. The molecule has 2 unspecified atom stereocenters. The molecular formula is C25H28N4OS. The Balaban J connectivity index is 1.17. The number of pyridine rings is 1. The molecule has 0 spiro atoms. The molecule has 6 heteroatoms. The number of carbonyl (C=O) groups is 1. The molecule has 1 amide bonds. The van der Waals surface area contributed by atoms with Crippen LogP contribution in [0, 0.1) is 6.92 Å². The highest BCUT2D eigenvalue weighted by Crippen LogP contribution is 2.42. The van der Waals surface area contributed by atoms with Gasteiger partial charge in [0.05, 0.1) is 5.69 Å². The highest BCUT2D eigenvalue weighted by molar-refractivity contribution is 7.21. The number of amides is 1. The van der Waals surface area contributed by atoms with Crippen LogP contribution in [0.5, 0.6) is 0 Å². The van der Waals surface area contributed by atoms with Crippen LogP contribution in [0.3, 0.4) is 0 Å². The molecule has 2 saturated heterocycles. The Morgan fingerprint density at radius 3 is 2.81 bits per heavy atom. The summed E-state index contributed by atoms with van der Waals surface area (Å²) in [5.74, 6) is -0.0726. The monoisotopic (exact) mass is 432 g/mol. The third-order valence-corrected chi connectivity index (χ3v) is 8.51. The zero-order valence-electron chi connectivity index (χ0n) is 17.9. The third kappa shape index (κ3) is 3.19. The Kier molecular flexibility index (Phi) is 4.46. The van der Waals surface area contributed by atoms with Gasteiger partial charge in [0.1, 0.15) is 9.71 Å². The van der Waals surface area contributed by atoms with E-state index in [-0.39, 0.29) is 11.9 Å². The highest BCUT2D eigenvalue weighted by Gasteiger charge is 2.41.